The van der Waals surface area contributed by atoms with Crippen molar-refractivity contribution in [3.63, 3.8) is 0 Å². The summed E-state index contributed by atoms with van der Waals surface area (Å²) in [6.45, 7) is 4.08. The molecule has 0 unspecified atom stereocenters. The monoisotopic (exact) mass is 259 g/mol. The standard InChI is InChI=1S/C13H17N5O/c1-9(2)15-12-8-14-18-13(17-12)16-10-4-6-11(19-3)7-5-10/h4-9H,1-3H3,(H2,15,16,17,18). The van der Waals surface area contributed by atoms with E-state index >= 15 is 0 Å². The van der Waals surface area contributed by atoms with Crippen molar-refractivity contribution in [3.05, 3.63) is 30.5 Å². The second-order valence-corrected chi connectivity index (χ2v) is 4.32. The number of nitrogens with one attached hydrogen (secondary N) is 2. The number of nitrogens with zero attached hydrogens (tertiary/aromatic N) is 3. The van der Waals surface area contributed by atoms with E-state index in [4.69, 9.17) is 4.74 Å². The van der Waals surface area contributed by atoms with Crippen LogP contribution in [-0.4, -0.2) is 28.3 Å². The van der Waals surface area contributed by atoms with Gasteiger partial charge in [-0.15, -0.1) is 5.10 Å². The first-order valence-electron chi connectivity index (χ1n) is 6.04. The molecule has 1 heterocycles. The number of ether oxygens (including phenoxy) is 1. The van der Waals surface area contributed by atoms with Crippen LogP contribution in [-0.2, 0) is 0 Å². The number of aromatic nitrogens is 3. The zero-order valence-corrected chi connectivity index (χ0v) is 11.2. The van der Waals surface area contributed by atoms with Crippen LogP contribution in [0.4, 0.5) is 17.5 Å². The first kappa shape index (κ1) is 13.1. The summed E-state index contributed by atoms with van der Waals surface area (Å²) in [5.74, 6) is 1.96. The summed E-state index contributed by atoms with van der Waals surface area (Å²) in [4.78, 5) is 4.32. The Bertz CT molecular complexity index is 527. The Morgan fingerprint density at radius 1 is 1.16 bits per heavy atom. The maximum atomic E-state index is 5.10. The summed E-state index contributed by atoms with van der Waals surface area (Å²) in [5.41, 5.74) is 0.879. The number of rotatable bonds is 5. The third-order valence-corrected chi connectivity index (χ3v) is 2.34. The van der Waals surface area contributed by atoms with Gasteiger partial charge in [-0.2, -0.15) is 10.1 Å². The van der Waals surface area contributed by atoms with E-state index in [9.17, 15) is 0 Å². The van der Waals surface area contributed by atoms with Gasteiger partial charge in [0.15, 0.2) is 5.82 Å². The van der Waals surface area contributed by atoms with Gasteiger partial charge in [-0.3, -0.25) is 0 Å². The van der Waals surface area contributed by atoms with Crippen LogP contribution in [0.1, 0.15) is 13.8 Å². The van der Waals surface area contributed by atoms with Crippen molar-refractivity contribution in [1.29, 1.82) is 0 Å². The molecule has 0 amide bonds. The van der Waals surface area contributed by atoms with E-state index < -0.39 is 0 Å². The van der Waals surface area contributed by atoms with Crippen LogP contribution >= 0.6 is 0 Å². The summed E-state index contributed by atoms with van der Waals surface area (Å²) in [7, 11) is 1.64. The average molecular weight is 259 g/mol. The molecule has 19 heavy (non-hydrogen) atoms. The highest BCUT2D eigenvalue weighted by Crippen LogP contribution is 2.18. The lowest BCUT2D eigenvalue weighted by atomic mass is 10.3. The fraction of sp³-hybridized carbons (Fsp3) is 0.308. The molecule has 1 aromatic carbocycles. The van der Waals surface area contributed by atoms with E-state index in [2.05, 4.69) is 25.8 Å². The lowest BCUT2D eigenvalue weighted by Gasteiger charge is -2.10. The quantitative estimate of drug-likeness (QED) is 0.859. The molecular formula is C13H17N5O. The lowest BCUT2D eigenvalue weighted by Crippen LogP contribution is -2.12. The minimum absolute atomic E-state index is 0.297. The van der Waals surface area contributed by atoms with E-state index in [1.165, 1.54) is 0 Å². The molecule has 0 aliphatic heterocycles. The van der Waals surface area contributed by atoms with Crippen LogP contribution < -0.4 is 15.4 Å². The predicted octanol–water partition coefficient (Wildman–Crippen LogP) is 2.44. The van der Waals surface area contributed by atoms with E-state index in [1.807, 2.05) is 38.1 Å². The first-order valence-corrected chi connectivity index (χ1v) is 6.04. The molecule has 100 valence electrons. The topological polar surface area (TPSA) is 72.0 Å². The highest BCUT2D eigenvalue weighted by Gasteiger charge is 2.02. The van der Waals surface area contributed by atoms with Gasteiger partial charge in [0, 0.05) is 11.7 Å². The van der Waals surface area contributed by atoms with Gasteiger partial charge >= 0.3 is 0 Å². The minimum atomic E-state index is 0.297. The Hall–Kier alpha value is -2.37. The van der Waals surface area contributed by atoms with Gasteiger partial charge in [0.2, 0.25) is 5.95 Å². The normalized spacial score (nSPS) is 10.3. The Balaban J connectivity index is 2.09. The van der Waals surface area contributed by atoms with Crippen molar-refractivity contribution in [1.82, 2.24) is 15.2 Å². The summed E-state index contributed by atoms with van der Waals surface area (Å²) in [5, 5.41) is 14.1. The smallest absolute Gasteiger partial charge is 0.249 e. The third kappa shape index (κ3) is 3.80. The highest BCUT2D eigenvalue weighted by molar-refractivity contribution is 5.55. The molecule has 6 heteroatoms. The largest absolute Gasteiger partial charge is 0.497 e. The Morgan fingerprint density at radius 3 is 2.53 bits per heavy atom. The summed E-state index contributed by atoms with van der Waals surface area (Å²) >= 11 is 0. The number of benzene rings is 1. The highest BCUT2D eigenvalue weighted by atomic mass is 16.5. The molecule has 0 fully saturated rings. The molecule has 6 nitrogen and oxygen atoms in total. The van der Waals surface area contributed by atoms with Gasteiger partial charge < -0.3 is 15.4 Å². The zero-order chi connectivity index (χ0) is 13.7. The van der Waals surface area contributed by atoms with Crippen LogP contribution in [0.5, 0.6) is 5.75 Å². The second-order valence-electron chi connectivity index (χ2n) is 4.32. The van der Waals surface area contributed by atoms with E-state index in [0.29, 0.717) is 17.8 Å². The third-order valence-electron chi connectivity index (χ3n) is 2.34. The van der Waals surface area contributed by atoms with Gasteiger partial charge in [0.25, 0.3) is 0 Å². The van der Waals surface area contributed by atoms with Crippen LogP contribution in [0.3, 0.4) is 0 Å². The molecule has 2 rings (SSSR count). The van der Waals surface area contributed by atoms with Crippen molar-refractivity contribution in [3.8, 4) is 5.75 Å². The van der Waals surface area contributed by atoms with Crippen molar-refractivity contribution >= 4 is 17.5 Å². The molecule has 0 atom stereocenters. The first-order chi connectivity index (χ1) is 9.17. The molecule has 0 spiro atoms. The van der Waals surface area contributed by atoms with Crippen LogP contribution in [0.25, 0.3) is 0 Å². The molecule has 0 bridgehead atoms. The van der Waals surface area contributed by atoms with Crippen LogP contribution in [0.2, 0.25) is 0 Å². The number of hydrogen-bond acceptors (Lipinski definition) is 6. The Morgan fingerprint density at radius 2 is 1.89 bits per heavy atom. The van der Waals surface area contributed by atoms with Gasteiger partial charge in [0.1, 0.15) is 5.75 Å². The average Bonchev–Trinajstić information content (AvgIpc) is 2.39. The molecule has 0 saturated carbocycles. The second kappa shape index (κ2) is 5.99. The molecule has 0 saturated heterocycles. The maximum absolute atomic E-state index is 5.10. The summed E-state index contributed by atoms with van der Waals surface area (Å²) < 4.78 is 5.10. The lowest BCUT2D eigenvalue weighted by molar-refractivity contribution is 0.415. The minimum Gasteiger partial charge on any atom is -0.497 e. The van der Waals surface area contributed by atoms with E-state index in [1.54, 1.807) is 13.3 Å². The van der Waals surface area contributed by atoms with E-state index in [0.717, 1.165) is 11.4 Å². The molecule has 0 aliphatic rings. The van der Waals surface area contributed by atoms with Crippen molar-refractivity contribution < 1.29 is 4.74 Å². The molecule has 1 aromatic heterocycles. The number of anilines is 3. The zero-order valence-electron chi connectivity index (χ0n) is 11.2. The van der Waals surface area contributed by atoms with Gasteiger partial charge in [0.05, 0.1) is 13.3 Å². The van der Waals surface area contributed by atoms with Crippen molar-refractivity contribution in [2.45, 2.75) is 19.9 Å². The van der Waals surface area contributed by atoms with Gasteiger partial charge in [-0.1, -0.05) is 0 Å². The van der Waals surface area contributed by atoms with Crippen LogP contribution in [0, 0.1) is 0 Å². The Kier molecular flexibility index (Phi) is 4.12. The Labute approximate surface area is 112 Å². The molecule has 0 radical (unpaired) electrons. The van der Waals surface area contributed by atoms with Gasteiger partial charge in [-0.05, 0) is 38.1 Å². The number of hydrogen-bond donors (Lipinski definition) is 2. The molecular weight excluding hydrogens is 242 g/mol. The van der Waals surface area contributed by atoms with Gasteiger partial charge in [-0.25, -0.2) is 0 Å². The van der Waals surface area contributed by atoms with Crippen molar-refractivity contribution in [2.24, 2.45) is 0 Å². The summed E-state index contributed by atoms with van der Waals surface area (Å²) in [6, 6.07) is 7.82. The fourth-order valence-corrected chi connectivity index (χ4v) is 1.53. The molecule has 0 aliphatic carbocycles. The maximum Gasteiger partial charge on any atom is 0.249 e. The van der Waals surface area contributed by atoms with Crippen LogP contribution in [0.15, 0.2) is 30.5 Å². The van der Waals surface area contributed by atoms with E-state index in [-0.39, 0.29) is 0 Å². The summed E-state index contributed by atoms with van der Waals surface area (Å²) in [6.07, 6.45) is 1.60. The SMILES string of the molecule is COc1ccc(Nc2nncc(NC(C)C)n2)cc1. The molecule has 2 N–H and O–H groups in total. The molecule has 2 aromatic rings. The predicted molar refractivity (Wildman–Crippen MR) is 74.9 cm³/mol. The fourth-order valence-electron chi connectivity index (χ4n) is 1.53. The van der Waals surface area contributed by atoms with Crippen molar-refractivity contribution in [2.75, 3.05) is 17.7 Å². The number of methoxy groups -OCH3 is 1.